The van der Waals surface area contributed by atoms with Crippen LogP contribution in [0, 0.1) is 11.8 Å². The molecule has 0 spiro atoms. The Morgan fingerprint density at radius 2 is 1.82 bits per heavy atom. The lowest BCUT2D eigenvalue weighted by atomic mass is 9.82. The van der Waals surface area contributed by atoms with Crippen molar-refractivity contribution in [2.45, 2.75) is 32.2 Å². The van der Waals surface area contributed by atoms with Crippen molar-refractivity contribution in [1.29, 1.82) is 0 Å². The number of halogens is 1. The lowest BCUT2D eigenvalue weighted by molar-refractivity contribution is -0.143. The monoisotopic (exact) mass is 475 g/mol. The zero-order valence-electron chi connectivity index (χ0n) is 18.7. The SMILES string of the molecule is O=C(NC[C@H]1CC[C@@H](C(=O)O)CC1)c1cc(Cl)cc2ccn(Cc3ccc4ccccc4n3)c12. The van der Waals surface area contributed by atoms with Crippen LogP contribution in [0.5, 0.6) is 0 Å². The number of para-hydroxylation sites is 1. The molecule has 34 heavy (non-hydrogen) atoms. The summed E-state index contributed by atoms with van der Waals surface area (Å²) >= 11 is 6.34. The number of carboxylic acid groups (broad SMARTS) is 1. The number of benzene rings is 2. The Labute approximate surface area is 202 Å². The second-order valence-corrected chi connectivity index (χ2v) is 9.53. The van der Waals surface area contributed by atoms with Crippen LogP contribution >= 0.6 is 11.6 Å². The predicted molar refractivity (Wildman–Crippen MR) is 133 cm³/mol. The quantitative estimate of drug-likeness (QED) is 0.385. The molecule has 0 unspecified atom stereocenters. The predicted octanol–water partition coefficient (Wildman–Crippen LogP) is 5.51. The molecule has 2 aromatic heterocycles. The van der Waals surface area contributed by atoms with Crippen LogP contribution in [0.4, 0.5) is 0 Å². The average molecular weight is 476 g/mol. The first-order chi connectivity index (χ1) is 16.5. The topological polar surface area (TPSA) is 84.2 Å². The number of pyridine rings is 1. The van der Waals surface area contributed by atoms with Crippen LogP contribution in [0.1, 0.15) is 41.7 Å². The molecule has 1 aliphatic carbocycles. The van der Waals surface area contributed by atoms with E-state index in [0.717, 1.165) is 40.3 Å². The van der Waals surface area contributed by atoms with Crippen molar-refractivity contribution < 1.29 is 14.7 Å². The second-order valence-electron chi connectivity index (χ2n) is 9.10. The Hall–Kier alpha value is -3.38. The van der Waals surface area contributed by atoms with Crippen LogP contribution in [0.15, 0.2) is 60.8 Å². The molecule has 0 atom stereocenters. The summed E-state index contributed by atoms with van der Waals surface area (Å²) in [7, 11) is 0. The third-order valence-corrected chi connectivity index (χ3v) is 7.02. The van der Waals surface area contributed by atoms with Gasteiger partial charge in [-0.05, 0) is 61.9 Å². The minimum Gasteiger partial charge on any atom is -0.481 e. The molecule has 2 N–H and O–H groups in total. The van der Waals surface area contributed by atoms with Crippen LogP contribution in [0.3, 0.4) is 0 Å². The van der Waals surface area contributed by atoms with Gasteiger partial charge in [-0.1, -0.05) is 35.9 Å². The van der Waals surface area contributed by atoms with Crippen molar-refractivity contribution in [3.63, 3.8) is 0 Å². The van der Waals surface area contributed by atoms with Crippen molar-refractivity contribution in [2.24, 2.45) is 11.8 Å². The molecule has 5 rings (SSSR count). The fourth-order valence-corrected chi connectivity index (χ4v) is 5.16. The second kappa shape index (κ2) is 9.47. The Balaban J connectivity index is 1.36. The molecule has 0 radical (unpaired) electrons. The Morgan fingerprint density at radius 3 is 2.62 bits per heavy atom. The Kier molecular flexibility index (Phi) is 6.24. The van der Waals surface area contributed by atoms with Crippen molar-refractivity contribution in [3.8, 4) is 0 Å². The molecule has 1 fully saturated rings. The van der Waals surface area contributed by atoms with E-state index in [4.69, 9.17) is 16.6 Å². The molecule has 0 bridgehead atoms. The van der Waals surface area contributed by atoms with Gasteiger partial charge in [-0.3, -0.25) is 14.6 Å². The number of aromatic nitrogens is 2. The number of rotatable bonds is 6. The number of hydrogen-bond acceptors (Lipinski definition) is 3. The molecular weight excluding hydrogens is 450 g/mol. The molecule has 2 heterocycles. The van der Waals surface area contributed by atoms with Crippen molar-refractivity contribution >= 4 is 45.3 Å². The van der Waals surface area contributed by atoms with E-state index in [9.17, 15) is 14.7 Å². The van der Waals surface area contributed by atoms with Gasteiger partial charge >= 0.3 is 5.97 Å². The highest BCUT2D eigenvalue weighted by Gasteiger charge is 2.26. The van der Waals surface area contributed by atoms with Crippen LogP contribution in [-0.2, 0) is 11.3 Å². The van der Waals surface area contributed by atoms with Crippen molar-refractivity contribution in [2.75, 3.05) is 6.54 Å². The average Bonchev–Trinajstić information content (AvgIpc) is 3.24. The molecule has 7 heteroatoms. The van der Waals surface area contributed by atoms with Gasteiger partial charge in [0.25, 0.3) is 5.91 Å². The van der Waals surface area contributed by atoms with Gasteiger partial charge in [0.15, 0.2) is 0 Å². The summed E-state index contributed by atoms with van der Waals surface area (Å²) < 4.78 is 2.04. The standard InChI is InChI=1S/C27H26ClN3O3/c28-21-13-20-11-12-31(16-22-10-9-18-3-1-2-4-24(18)30-22)25(20)23(14-21)26(32)29-15-17-5-7-19(8-6-17)27(33)34/h1-4,9-14,17,19H,5-8,15-16H2,(H,29,32)(H,33,34)/t17-,19+. The molecule has 0 aliphatic heterocycles. The van der Waals surface area contributed by atoms with Gasteiger partial charge in [-0.25, -0.2) is 0 Å². The number of carbonyl (C=O) groups is 2. The van der Waals surface area contributed by atoms with E-state index in [0.29, 0.717) is 42.4 Å². The summed E-state index contributed by atoms with van der Waals surface area (Å²) in [6.45, 7) is 1.07. The van der Waals surface area contributed by atoms with Crippen LogP contribution in [-0.4, -0.2) is 33.1 Å². The smallest absolute Gasteiger partial charge is 0.306 e. The largest absolute Gasteiger partial charge is 0.481 e. The van der Waals surface area contributed by atoms with Gasteiger partial charge in [0.2, 0.25) is 0 Å². The molecule has 1 aliphatic rings. The molecular formula is C27H26ClN3O3. The summed E-state index contributed by atoms with van der Waals surface area (Å²) in [6, 6.07) is 17.6. The van der Waals surface area contributed by atoms with Gasteiger partial charge in [0.1, 0.15) is 0 Å². The van der Waals surface area contributed by atoms with Gasteiger partial charge in [-0.2, -0.15) is 0 Å². The summed E-state index contributed by atoms with van der Waals surface area (Å²) in [5.74, 6) is -0.848. The summed E-state index contributed by atoms with van der Waals surface area (Å²) in [5.41, 5.74) is 3.21. The number of amides is 1. The van der Waals surface area contributed by atoms with Crippen molar-refractivity contribution in [3.05, 3.63) is 77.1 Å². The molecule has 4 aromatic rings. The molecule has 0 saturated heterocycles. The van der Waals surface area contributed by atoms with E-state index < -0.39 is 5.97 Å². The first-order valence-corrected chi connectivity index (χ1v) is 12.0. The van der Waals surface area contributed by atoms with Crippen LogP contribution in [0.25, 0.3) is 21.8 Å². The van der Waals surface area contributed by atoms with Crippen molar-refractivity contribution in [1.82, 2.24) is 14.9 Å². The fourth-order valence-electron chi connectivity index (χ4n) is 4.93. The summed E-state index contributed by atoms with van der Waals surface area (Å²) in [5, 5.41) is 14.8. The van der Waals surface area contributed by atoms with E-state index in [1.54, 1.807) is 6.07 Å². The first kappa shape index (κ1) is 22.4. The number of carbonyl (C=O) groups excluding carboxylic acids is 1. The van der Waals surface area contributed by atoms with E-state index in [-0.39, 0.29) is 11.8 Å². The van der Waals surface area contributed by atoms with E-state index in [1.165, 1.54) is 0 Å². The lowest BCUT2D eigenvalue weighted by Crippen LogP contribution is -2.32. The maximum Gasteiger partial charge on any atom is 0.306 e. The minimum absolute atomic E-state index is 0.167. The first-order valence-electron chi connectivity index (χ1n) is 11.6. The molecule has 174 valence electrons. The number of hydrogen-bond donors (Lipinski definition) is 2. The van der Waals surface area contributed by atoms with E-state index in [2.05, 4.69) is 11.4 Å². The van der Waals surface area contributed by atoms with Gasteiger partial charge < -0.3 is 15.0 Å². The highest BCUT2D eigenvalue weighted by molar-refractivity contribution is 6.32. The molecule has 1 amide bonds. The highest BCUT2D eigenvalue weighted by Crippen LogP contribution is 2.29. The minimum atomic E-state index is -0.717. The maximum atomic E-state index is 13.2. The number of carboxylic acids is 1. The lowest BCUT2D eigenvalue weighted by Gasteiger charge is -2.26. The molecule has 6 nitrogen and oxygen atoms in total. The van der Waals surface area contributed by atoms with E-state index >= 15 is 0 Å². The third kappa shape index (κ3) is 4.64. The Bertz CT molecular complexity index is 1370. The fraction of sp³-hybridized carbons (Fsp3) is 0.296. The Morgan fingerprint density at radius 1 is 1.03 bits per heavy atom. The van der Waals surface area contributed by atoms with Gasteiger partial charge in [0.05, 0.1) is 34.8 Å². The molecule has 1 saturated carbocycles. The number of nitrogens with one attached hydrogen (secondary N) is 1. The van der Waals surface area contributed by atoms with E-state index in [1.807, 2.05) is 53.2 Å². The molecule has 2 aromatic carbocycles. The number of fused-ring (bicyclic) bond motifs is 2. The normalized spacial score (nSPS) is 18.3. The summed E-state index contributed by atoms with van der Waals surface area (Å²) in [4.78, 5) is 29.2. The third-order valence-electron chi connectivity index (χ3n) is 6.81. The summed E-state index contributed by atoms with van der Waals surface area (Å²) in [6.07, 6.45) is 4.91. The van der Waals surface area contributed by atoms with Gasteiger partial charge in [0, 0.05) is 28.5 Å². The highest BCUT2D eigenvalue weighted by atomic mass is 35.5. The zero-order chi connectivity index (χ0) is 23.7. The maximum absolute atomic E-state index is 13.2. The van der Waals surface area contributed by atoms with Crippen LogP contribution < -0.4 is 5.32 Å². The number of aliphatic carboxylic acids is 1. The van der Waals surface area contributed by atoms with Crippen LogP contribution in [0.2, 0.25) is 5.02 Å². The number of nitrogens with zero attached hydrogens (tertiary/aromatic N) is 2. The zero-order valence-corrected chi connectivity index (χ0v) is 19.5. The van der Waals surface area contributed by atoms with Gasteiger partial charge in [-0.15, -0.1) is 0 Å².